The quantitative estimate of drug-likeness (QED) is 0.814. The minimum absolute atomic E-state index is 0.138. The highest BCUT2D eigenvalue weighted by Crippen LogP contribution is 2.27. The summed E-state index contributed by atoms with van der Waals surface area (Å²) in [6.07, 6.45) is 5.43. The number of para-hydroxylation sites is 1. The van der Waals surface area contributed by atoms with Crippen LogP contribution < -0.4 is 9.54 Å². The second-order valence-corrected chi connectivity index (χ2v) is 5.60. The van der Waals surface area contributed by atoms with Gasteiger partial charge >= 0.3 is 0 Å². The van der Waals surface area contributed by atoms with E-state index in [1.54, 1.807) is 7.11 Å². The van der Waals surface area contributed by atoms with Crippen molar-refractivity contribution in [2.24, 2.45) is 10.9 Å². The lowest BCUT2D eigenvalue weighted by Gasteiger charge is -2.05. The molecule has 2 rings (SSSR count). The predicted octanol–water partition coefficient (Wildman–Crippen LogP) is 2.43. The van der Waals surface area contributed by atoms with Crippen molar-refractivity contribution in [1.82, 2.24) is 4.57 Å². The summed E-state index contributed by atoms with van der Waals surface area (Å²) in [5.41, 5.74) is 0.883. The Morgan fingerprint density at radius 1 is 1.55 bits per heavy atom. The minimum atomic E-state index is -0.152. The fraction of sp³-hybridized carbons (Fsp3) is 0.333. The molecule has 0 aliphatic heterocycles. The van der Waals surface area contributed by atoms with Gasteiger partial charge in [-0.25, -0.2) is 0 Å². The van der Waals surface area contributed by atoms with E-state index in [0.29, 0.717) is 11.3 Å². The second kappa shape index (κ2) is 5.93. The highest BCUT2D eigenvalue weighted by molar-refractivity contribution is 7.16. The third-order valence-electron chi connectivity index (χ3n) is 2.83. The highest BCUT2D eigenvalue weighted by Gasteiger charge is 2.12. The molecule has 2 aromatic rings. The predicted molar refractivity (Wildman–Crippen MR) is 80.6 cm³/mol. The van der Waals surface area contributed by atoms with Gasteiger partial charge in [-0.15, -0.1) is 6.42 Å². The molecule has 0 aliphatic rings. The van der Waals surface area contributed by atoms with Gasteiger partial charge in [0.05, 0.1) is 18.4 Å². The molecule has 1 aromatic carbocycles. The molecule has 0 fully saturated rings. The summed E-state index contributed by atoms with van der Waals surface area (Å²) in [5.74, 6) is 3.04. The van der Waals surface area contributed by atoms with E-state index >= 15 is 0 Å². The van der Waals surface area contributed by atoms with Crippen LogP contribution in [0, 0.1) is 18.3 Å². The number of amides is 1. The standard InChI is InChI=1S/C15H16N2O2S/c1-5-9-17-13-11(19-4)7-6-8-12(13)20-15(17)16-14(18)10(2)3/h1,6-8,10H,9H2,2-4H3. The molecule has 0 radical (unpaired) electrons. The second-order valence-electron chi connectivity index (χ2n) is 4.59. The fourth-order valence-electron chi connectivity index (χ4n) is 1.81. The molecule has 0 saturated carbocycles. The number of rotatable bonds is 3. The van der Waals surface area contributed by atoms with Crippen molar-refractivity contribution in [2.75, 3.05) is 7.11 Å². The first-order valence-corrected chi connectivity index (χ1v) is 7.08. The van der Waals surface area contributed by atoms with Gasteiger partial charge in [0.25, 0.3) is 5.91 Å². The summed E-state index contributed by atoms with van der Waals surface area (Å²) in [6, 6.07) is 5.75. The summed E-state index contributed by atoms with van der Waals surface area (Å²) in [7, 11) is 1.61. The van der Waals surface area contributed by atoms with Crippen LogP contribution in [0.1, 0.15) is 13.8 Å². The van der Waals surface area contributed by atoms with Crippen LogP contribution >= 0.6 is 11.3 Å². The van der Waals surface area contributed by atoms with Crippen LogP contribution in [0.4, 0.5) is 0 Å². The van der Waals surface area contributed by atoms with Gasteiger partial charge in [-0.2, -0.15) is 4.99 Å². The summed E-state index contributed by atoms with van der Waals surface area (Å²) in [6.45, 7) is 4.00. The Kier molecular flexibility index (Phi) is 4.26. The maximum absolute atomic E-state index is 11.8. The Bertz CT molecular complexity index is 747. The SMILES string of the molecule is C#CCn1c(=NC(=O)C(C)C)sc2cccc(OC)c21. The number of aromatic nitrogens is 1. The number of hydrogen-bond donors (Lipinski definition) is 0. The van der Waals surface area contributed by atoms with Crippen LogP contribution in [-0.2, 0) is 11.3 Å². The molecule has 0 aliphatic carbocycles. The van der Waals surface area contributed by atoms with Crippen LogP contribution in [0.2, 0.25) is 0 Å². The number of carbonyl (C=O) groups is 1. The molecule has 1 aromatic heterocycles. The number of thiazole rings is 1. The third kappa shape index (κ3) is 2.61. The summed E-state index contributed by atoms with van der Waals surface area (Å²) < 4.78 is 8.21. The van der Waals surface area contributed by atoms with Crippen LogP contribution in [0.15, 0.2) is 23.2 Å². The lowest BCUT2D eigenvalue weighted by Crippen LogP contribution is -2.18. The summed E-state index contributed by atoms with van der Waals surface area (Å²) in [5, 5.41) is 0. The number of ether oxygens (including phenoxy) is 1. The number of benzene rings is 1. The maximum Gasteiger partial charge on any atom is 0.250 e. The fourth-order valence-corrected chi connectivity index (χ4v) is 2.86. The molecule has 1 heterocycles. The highest BCUT2D eigenvalue weighted by atomic mass is 32.1. The van der Waals surface area contributed by atoms with Gasteiger partial charge in [0.15, 0.2) is 4.80 Å². The van der Waals surface area contributed by atoms with Gasteiger partial charge in [0, 0.05) is 5.92 Å². The van der Waals surface area contributed by atoms with Crippen molar-refractivity contribution in [3.8, 4) is 18.1 Å². The van der Waals surface area contributed by atoms with Crippen LogP contribution in [0.25, 0.3) is 10.2 Å². The van der Waals surface area contributed by atoms with Crippen molar-refractivity contribution < 1.29 is 9.53 Å². The summed E-state index contributed by atoms with van der Waals surface area (Å²) >= 11 is 1.44. The smallest absolute Gasteiger partial charge is 0.250 e. The lowest BCUT2D eigenvalue weighted by molar-refractivity contribution is -0.120. The monoisotopic (exact) mass is 288 g/mol. The average molecular weight is 288 g/mol. The number of fused-ring (bicyclic) bond motifs is 1. The molecule has 0 spiro atoms. The first-order chi connectivity index (χ1) is 9.58. The van der Waals surface area contributed by atoms with E-state index in [0.717, 1.165) is 16.0 Å². The maximum atomic E-state index is 11.8. The zero-order valence-corrected chi connectivity index (χ0v) is 12.5. The first-order valence-electron chi connectivity index (χ1n) is 6.27. The molecule has 4 nitrogen and oxygen atoms in total. The van der Waals surface area contributed by atoms with E-state index in [9.17, 15) is 4.79 Å². The molecule has 0 bridgehead atoms. The van der Waals surface area contributed by atoms with Gasteiger partial charge in [0.1, 0.15) is 11.3 Å². The number of terminal acetylenes is 1. The van der Waals surface area contributed by atoms with Crippen LogP contribution in [0.5, 0.6) is 5.75 Å². The zero-order valence-electron chi connectivity index (χ0n) is 11.7. The molecule has 0 N–H and O–H groups in total. The van der Waals surface area contributed by atoms with E-state index in [1.807, 2.05) is 36.6 Å². The normalized spacial score (nSPS) is 11.8. The van der Waals surface area contributed by atoms with Gasteiger partial charge in [-0.1, -0.05) is 37.2 Å². The molecule has 0 unspecified atom stereocenters. The number of methoxy groups -OCH3 is 1. The third-order valence-corrected chi connectivity index (χ3v) is 3.88. The van der Waals surface area contributed by atoms with Crippen molar-refractivity contribution in [2.45, 2.75) is 20.4 Å². The van der Waals surface area contributed by atoms with Gasteiger partial charge in [0.2, 0.25) is 0 Å². The summed E-state index contributed by atoms with van der Waals surface area (Å²) in [4.78, 5) is 16.6. The Hall–Kier alpha value is -2.06. The molecule has 5 heteroatoms. The molecule has 20 heavy (non-hydrogen) atoms. The Morgan fingerprint density at radius 3 is 2.90 bits per heavy atom. The molecule has 104 valence electrons. The number of nitrogens with zero attached hydrogens (tertiary/aromatic N) is 2. The average Bonchev–Trinajstić information content (AvgIpc) is 2.77. The van der Waals surface area contributed by atoms with Crippen LogP contribution in [-0.4, -0.2) is 17.6 Å². The van der Waals surface area contributed by atoms with E-state index in [4.69, 9.17) is 11.2 Å². The topological polar surface area (TPSA) is 43.6 Å². The molecular weight excluding hydrogens is 272 g/mol. The Morgan fingerprint density at radius 2 is 2.30 bits per heavy atom. The van der Waals surface area contributed by atoms with E-state index in [2.05, 4.69) is 10.9 Å². The van der Waals surface area contributed by atoms with E-state index in [-0.39, 0.29) is 11.8 Å². The van der Waals surface area contributed by atoms with E-state index < -0.39 is 0 Å². The van der Waals surface area contributed by atoms with Crippen molar-refractivity contribution in [3.05, 3.63) is 23.0 Å². The zero-order chi connectivity index (χ0) is 14.7. The van der Waals surface area contributed by atoms with E-state index in [1.165, 1.54) is 11.3 Å². The van der Waals surface area contributed by atoms with Crippen molar-refractivity contribution >= 4 is 27.5 Å². The molecule has 0 saturated heterocycles. The van der Waals surface area contributed by atoms with Crippen LogP contribution in [0.3, 0.4) is 0 Å². The Labute approximate surface area is 121 Å². The molecule has 0 atom stereocenters. The number of hydrogen-bond acceptors (Lipinski definition) is 3. The van der Waals surface area contributed by atoms with Gasteiger partial charge in [-0.05, 0) is 12.1 Å². The van der Waals surface area contributed by atoms with Gasteiger partial charge in [-0.3, -0.25) is 4.79 Å². The number of carbonyl (C=O) groups excluding carboxylic acids is 1. The lowest BCUT2D eigenvalue weighted by atomic mass is 10.2. The largest absolute Gasteiger partial charge is 0.495 e. The van der Waals surface area contributed by atoms with Crippen molar-refractivity contribution in [1.29, 1.82) is 0 Å². The Balaban J connectivity index is 2.76. The minimum Gasteiger partial charge on any atom is -0.495 e. The molecular formula is C15H16N2O2S. The van der Waals surface area contributed by atoms with Crippen molar-refractivity contribution in [3.63, 3.8) is 0 Å². The van der Waals surface area contributed by atoms with Gasteiger partial charge < -0.3 is 9.30 Å². The molecule has 1 amide bonds. The first kappa shape index (κ1) is 14.4.